The van der Waals surface area contributed by atoms with Crippen LogP contribution < -0.4 is 0 Å². The van der Waals surface area contributed by atoms with E-state index in [0.717, 1.165) is 26.1 Å². The molecule has 3 aliphatic rings. The predicted molar refractivity (Wildman–Crippen MR) is 63.5 cm³/mol. The maximum Gasteiger partial charge on any atom is 0.0926 e. The van der Waals surface area contributed by atoms with Crippen LogP contribution in [0.3, 0.4) is 0 Å². The van der Waals surface area contributed by atoms with Gasteiger partial charge in [-0.3, -0.25) is 0 Å². The normalized spacial score (nSPS) is 34.6. The lowest BCUT2D eigenvalue weighted by molar-refractivity contribution is -0.0760. The third kappa shape index (κ3) is 1.99. The van der Waals surface area contributed by atoms with Gasteiger partial charge in [-0.2, -0.15) is 0 Å². The first-order valence-corrected chi connectivity index (χ1v) is 6.13. The molecule has 1 N–H and O–H groups in total. The summed E-state index contributed by atoms with van der Waals surface area (Å²) in [4.78, 5) is 0. The van der Waals surface area contributed by atoms with Crippen molar-refractivity contribution in [2.45, 2.75) is 25.0 Å². The summed E-state index contributed by atoms with van der Waals surface area (Å²) in [6.45, 7) is 2.29. The van der Waals surface area contributed by atoms with Crippen LogP contribution in [0.4, 0.5) is 0 Å². The maximum absolute atomic E-state index is 9.22. The van der Waals surface area contributed by atoms with Gasteiger partial charge in [0.1, 0.15) is 0 Å². The number of rotatable bonds is 5. The smallest absolute Gasteiger partial charge is 0.0926 e. The van der Waals surface area contributed by atoms with E-state index in [1.807, 2.05) is 18.2 Å². The van der Waals surface area contributed by atoms with Crippen LogP contribution in [0, 0.1) is 5.41 Å². The van der Waals surface area contributed by atoms with Gasteiger partial charge < -0.3 is 14.6 Å². The van der Waals surface area contributed by atoms with Gasteiger partial charge in [0.15, 0.2) is 0 Å². The second-order valence-corrected chi connectivity index (χ2v) is 5.46. The van der Waals surface area contributed by atoms with Gasteiger partial charge in [-0.05, 0) is 18.4 Å². The second-order valence-electron chi connectivity index (χ2n) is 5.46. The molecule has 17 heavy (non-hydrogen) atoms. The lowest BCUT2D eigenvalue weighted by Crippen LogP contribution is -2.48. The Balaban J connectivity index is 1.48. The van der Waals surface area contributed by atoms with Crippen LogP contribution >= 0.6 is 0 Å². The van der Waals surface area contributed by atoms with Crippen molar-refractivity contribution in [2.75, 3.05) is 19.8 Å². The number of hydrogen-bond donors (Lipinski definition) is 1. The van der Waals surface area contributed by atoms with Crippen LogP contribution in [-0.2, 0) is 16.1 Å². The van der Waals surface area contributed by atoms with Crippen molar-refractivity contribution < 1.29 is 14.6 Å². The first-order valence-electron chi connectivity index (χ1n) is 6.13. The molecule has 0 spiro atoms. The molecule has 2 aliphatic heterocycles. The van der Waals surface area contributed by atoms with E-state index in [1.54, 1.807) is 0 Å². The van der Waals surface area contributed by atoms with Crippen molar-refractivity contribution in [3.63, 3.8) is 0 Å². The molecule has 1 saturated carbocycles. The minimum absolute atomic E-state index is 0.146. The monoisotopic (exact) mass is 234 g/mol. The Kier molecular flexibility index (Phi) is 2.69. The summed E-state index contributed by atoms with van der Waals surface area (Å²) in [5.74, 6) is 0. The van der Waals surface area contributed by atoms with E-state index in [-0.39, 0.29) is 17.6 Å². The van der Waals surface area contributed by atoms with Crippen LogP contribution in [0.25, 0.3) is 0 Å². The number of aliphatic hydroxyl groups is 1. The Labute approximate surface area is 101 Å². The van der Waals surface area contributed by atoms with E-state index >= 15 is 0 Å². The lowest BCUT2D eigenvalue weighted by atomic mass is 9.63. The van der Waals surface area contributed by atoms with Gasteiger partial charge in [-0.15, -0.1) is 0 Å². The van der Waals surface area contributed by atoms with E-state index in [2.05, 4.69) is 12.1 Å². The largest absolute Gasteiger partial charge is 0.393 e. The van der Waals surface area contributed by atoms with Gasteiger partial charge in [-0.1, -0.05) is 30.3 Å². The predicted octanol–water partition coefficient (Wildman–Crippen LogP) is 1.74. The third-order valence-electron chi connectivity index (χ3n) is 3.89. The zero-order valence-corrected chi connectivity index (χ0v) is 9.89. The van der Waals surface area contributed by atoms with E-state index in [9.17, 15) is 5.11 Å². The highest BCUT2D eigenvalue weighted by Gasteiger charge is 2.62. The summed E-state index contributed by atoms with van der Waals surface area (Å²) in [6.07, 6.45) is 1.90. The fourth-order valence-electron chi connectivity index (χ4n) is 3.09. The molecule has 1 aromatic carbocycles. The Hall–Kier alpha value is -0.900. The molecule has 92 valence electrons. The van der Waals surface area contributed by atoms with E-state index < -0.39 is 0 Å². The molecule has 0 amide bonds. The Morgan fingerprint density at radius 3 is 2.65 bits per heavy atom. The summed E-state index contributed by atoms with van der Waals surface area (Å²) in [7, 11) is 0. The van der Waals surface area contributed by atoms with Crippen LogP contribution in [0.15, 0.2) is 30.3 Å². The highest BCUT2D eigenvalue weighted by molar-refractivity contribution is 5.14. The Morgan fingerprint density at radius 2 is 2.00 bits per heavy atom. The van der Waals surface area contributed by atoms with Crippen LogP contribution in [-0.4, -0.2) is 30.5 Å². The van der Waals surface area contributed by atoms with Gasteiger partial charge in [0.2, 0.25) is 0 Å². The lowest BCUT2D eigenvalue weighted by Gasteiger charge is -2.43. The molecule has 2 saturated heterocycles. The molecular formula is C14H18O3. The van der Waals surface area contributed by atoms with Gasteiger partial charge in [0, 0.05) is 5.41 Å². The van der Waals surface area contributed by atoms with Crippen LogP contribution in [0.1, 0.15) is 18.4 Å². The SMILES string of the molecule is OCC12CC(COCc3ccccc3)(CO1)C2. The number of aliphatic hydroxyl groups excluding tert-OH is 1. The first kappa shape index (κ1) is 11.2. The second kappa shape index (κ2) is 4.09. The third-order valence-corrected chi connectivity index (χ3v) is 3.89. The van der Waals surface area contributed by atoms with Crippen LogP contribution in [0.5, 0.6) is 0 Å². The fraction of sp³-hybridized carbons (Fsp3) is 0.571. The number of benzene rings is 1. The summed E-state index contributed by atoms with van der Waals surface area (Å²) in [5, 5.41) is 9.22. The molecule has 0 radical (unpaired) electrons. The van der Waals surface area contributed by atoms with Crippen molar-refractivity contribution in [1.82, 2.24) is 0 Å². The average Bonchev–Trinajstić information content (AvgIpc) is 2.86. The number of fused-ring (bicyclic) bond motifs is 1. The van der Waals surface area contributed by atoms with Crippen molar-refractivity contribution in [2.24, 2.45) is 5.41 Å². The molecule has 1 aliphatic carbocycles. The molecule has 3 fully saturated rings. The average molecular weight is 234 g/mol. The maximum atomic E-state index is 9.22. The van der Waals surface area contributed by atoms with Gasteiger partial charge >= 0.3 is 0 Å². The molecule has 0 atom stereocenters. The molecule has 2 heterocycles. The first-order chi connectivity index (χ1) is 8.26. The van der Waals surface area contributed by atoms with Gasteiger partial charge in [0.05, 0.1) is 32.0 Å². The zero-order valence-electron chi connectivity index (χ0n) is 9.89. The van der Waals surface area contributed by atoms with E-state index in [1.165, 1.54) is 5.56 Å². The molecule has 2 bridgehead atoms. The van der Waals surface area contributed by atoms with Crippen molar-refractivity contribution in [3.05, 3.63) is 35.9 Å². The highest BCUT2D eigenvalue weighted by Crippen LogP contribution is 2.57. The molecule has 0 unspecified atom stereocenters. The van der Waals surface area contributed by atoms with Gasteiger partial charge in [-0.25, -0.2) is 0 Å². The van der Waals surface area contributed by atoms with Gasteiger partial charge in [0.25, 0.3) is 0 Å². The molecular weight excluding hydrogens is 216 g/mol. The molecule has 4 rings (SSSR count). The number of ether oxygens (including phenoxy) is 2. The summed E-state index contributed by atoms with van der Waals surface area (Å²) >= 11 is 0. The van der Waals surface area contributed by atoms with Crippen molar-refractivity contribution in [1.29, 1.82) is 0 Å². The van der Waals surface area contributed by atoms with Crippen molar-refractivity contribution >= 4 is 0 Å². The van der Waals surface area contributed by atoms with E-state index in [0.29, 0.717) is 6.61 Å². The fourth-order valence-corrected chi connectivity index (χ4v) is 3.09. The topological polar surface area (TPSA) is 38.7 Å². The number of hydrogen-bond acceptors (Lipinski definition) is 3. The minimum Gasteiger partial charge on any atom is -0.393 e. The molecule has 3 nitrogen and oxygen atoms in total. The van der Waals surface area contributed by atoms with Crippen molar-refractivity contribution in [3.8, 4) is 0 Å². The molecule has 0 aromatic heterocycles. The minimum atomic E-state index is -0.226. The Morgan fingerprint density at radius 1 is 1.24 bits per heavy atom. The zero-order chi connectivity index (χ0) is 11.8. The summed E-state index contributed by atoms with van der Waals surface area (Å²) < 4.78 is 11.4. The van der Waals surface area contributed by atoms with Crippen LogP contribution in [0.2, 0.25) is 0 Å². The standard InChI is InChI=1S/C14H18O3/c15-9-14-7-13(8-14,11-17-14)10-16-6-12-4-2-1-3-5-12/h1-5,15H,6-11H2. The highest BCUT2D eigenvalue weighted by atomic mass is 16.5. The Bertz CT molecular complexity index is 382. The van der Waals surface area contributed by atoms with E-state index in [4.69, 9.17) is 9.47 Å². The molecule has 1 aromatic rings. The quantitative estimate of drug-likeness (QED) is 0.843. The molecule has 3 heteroatoms. The summed E-state index contributed by atoms with van der Waals surface area (Å²) in [5.41, 5.74) is 1.16. The summed E-state index contributed by atoms with van der Waals surface area (Å²) in [6, 6.07) is 10.2.